The number of anilines is 1. The number of carbonyl (C=O) groups is 1. The monoisotopic (exact) mass is 355 g/mol. The van der Waals surface area contributed by atoms with Gasteiger partial charge in [0.15, 0.2) is 0 Å². The number of amides is 1. The molecule has 6 nitrogen and oxygen atoms in total. The van der Waals surface area contributed by atoms with Crippen molar-refractivity contribution in [3.8, 4) is 0 Å². The summed E-state index contributed by atoms with van der Waals surface area (Å²) in [5.41, 5.74) is 2.92. The van der Waals surface area contributed by atoms with Crippen LogP contribution in [0.3, 0.4) is 0 Å². The summed E-state index contributed by atoms with van der Waals surface area (Å²) in [5, 5.41) is 2.89. The molecular formula is C18H17N3O3S. The minimum absolute atomic E-state index is 0.178. The molecule has 0 saturated carbocycles. The Morgan fingerprint density at radius 2 is 2.04 bits per heavy atom. The Morgan fingerprint density at radius 1 is 1.24 bits per heavy atom. The summed E-state index contributed by atoms with van der Waals surface area (Å²) >= 11 is 0. The number of rotatable bonds is 3. The fourth-order valence-corrected chi connectivity index (χ4v) is 4.14. The lowest BCUT2D eigenvalue weighted by Gasteiger charge is -2.32. The second-order valence-corrected chi connectivity index (χ2v) is 8.17. The van der Waals surface area contributed by atoms with Crippen LogP contribution in [0.15, 0.2) is 65.0 Å². The molecule has 0 spiro atoms. The Balaban J connectivity index is 1.45. The maximum atomic E-state index is 12.4. The largest absolute Gasteiger partial charge is 0.322 e. The van der Waals surface area contributed by atoms with Crippen LogP contribution < -0.4 is 9.62 Å². The van der Waals surface area contributed by atoms with Crippen molar-refractivity contribution in [2.75, 3.05) is 16.6 Å². The normalized spacial score (nSPS) is 23.2. The quantitative estimate of drug-likeness (QED) is 0.901. The van der Waals surface area contributed by atoms with E-state index in [9.17, 15) is 13.2 Å². The highest BCUT2D eigenvalue weighted by Gasteiger charge is 2.32. The Hall–Kier alpha value is -2.67. The molecule has 0 bridgehead atoms. The van der Waals surface area contributed by atoms with E-state index < -0.39 is 10.0 Å². The highest BCUT2D eigenvalue weighted by atomic mass is 32.2. The molecule has 2 aliphatic heterocycles. The van der Waals surface area contributed by atoms with E-state index in [-0.39, 0.29) is 11.7 Å². The molecule has 1 aromatic carbocycles. The van der Waals surface area contributed by atoms with Crippen LogP contribution in [-0.4, -0.2) is 32.8 Å². The number of hydrogen-bond acceptors (Lipinski definition) is 4. The van der Waals surface area contributed by atoms with E-state index in [1.165, 1.54) is 4.31 Å². The van der Waals surface area contributed by atoms with Crippen LogP contribution >= 0.6 is 0 Å². The third-order valence-electron chi connectivity index (χ3n) is 4.53. The molecule has 0 aromatic heterocycles. The highest BCUT2D eigenvalue weighted by molar-refractivity contribution is 7.94. The Labute approximate surface area is 146 Å². The Morgan fingerprint density at radius 3 is 2.72 bits per heavy atom. The van der Waals surface area contributed by atoms with Gasteiger partial charge in [0.1, 0.15) is 0 Å². The average Bonchev–Trinajstić information content (AvgIpc) is 2.61. The van der Waals surface area contributed by atoms with E-state index in [2.05, 4.69) is 10.3 Å². The number of nitrogens with zero attached hydrogens (tertiary/aromatic N) is 2. The lowest BCUT2D eigenvalue weighted by Crippen LogP contribution is -2.47. The molecule has 4 rings (SSSR count). The van der Waals surface area contributed by atoms with E-state index >= 15 is 0 Å². The van der Waals surface area contributed by atoms with Crippen LogP contribution in [0.2, 0.25) is 0 Å². The van der Waals surface area contributed by atoms with Gasteiger partial charge in [0.05, 0.1) is 11.4 Å². The van der Waals surface area contributed by atoms with Gasteiger partial charge in [0, 0.05) is 36.1 Å². The van der Waals surface area contributed by atoms with Crippen molar-refractivity contribution in [1.82, 2.24) is 5.32 Å². The van der Waals surface area contributed by atoms with Gasteiger partial charge < -0.3 is 5.32 Å². The number of aliphatic imine (C=N–C) groups is 1. The lowest BCUT2D eigenvalue weighted by molar-refractivity contribution is 0.0967. The number of nitrogens with one attached hydrogen (secondary N) is 1. The molecule has 7 heteroatoms. The minimum atomic E-state index is -3.14. The van der Waals surface area contributed by atoms with Crippen molar-refractivity contribution in [3.63, 3.8) is 0 Å². The molecule has 2 heterocycles. The zero-order valence-electron chi connectivity index (χ0n) is 13.4. The molecule has 1 fully saturated rings. The molecule has 1 saturated heterocycles. The SMILES string of the molecule is O=C(NC1=CCC2C=CN=CC2=C1)c1ccc(N2CCS2(=O)=O)cc1. The number of benzene rings is 1. The number of fused-ring (bicyclic) bond motifs is 1. The second kappa shape index (κ2) is 6.00. The molecule has 1 amide bonds. The smallest absolute Gasteiger partial charge is 0.255 e. The van der Waals surface area contributed by atoms with E-state index in [4.69, 9.17) is 0 Å². The molecule has 1 N–H and O–H groups in total. The summed E-state index contributed by atoms with van der Waals surface area (Å²) in [6.45, 7) is 0.492. The molecule has 1 atom stereocenters. The van der Waals surface area contributed by atoms with Gasteiger partial charge in [-0.1, -0.05) is 12.2 Å². The molecule has 25 heavy (non-hydrogen) atoms. The fourth-order valence-electron chi connectivity index (χ4n) is 3.03. The van der Waals surface area contributed by atoms with Crippen molar-refractivity contribution in [2.24, 2.45) is 10.9 Å². The van der Waals surface area contributed by atoms with Crippen molar-refractivity contribution >= 4 is 27.8 Å². The molecule has 1 aromatic rings. The number of allylic oxidation sites excluding steroid dienone is 4. The summed E-state index contributed by atoms with van der Waals surface area (Å²) in [7, 11) is -3.14. The van der Waals surface area contributed by atoms with Crippen LogP contribution in [0.5, 0.6) is 0 Å². The topological polar surface area (TPSA) is 78.8 Å². The van der Waals surface area contributed by atoms with Crippen LogP contribution in [0.1, 0.15) is 16.8 Å². The molecule has 0 radical (unpaired) electrons. The van der Waals surface area contributed by atoms with Gasteiger partial charge >= 0.3 is 0 Å². The molecule has 1 aliphatic carbocycles. The molecule has 1 unspecified atom stereocenters. The number of sulfonamides is 1. The highest BCUT2D eigenvalue weighted by Crippen LogP contribution is 2.26. The third kappa shape index (κ3) is 3.02. The van der Waals surface area contributed by atoms with Crippen molar-refractivity contribution in [3.05, 3.63) is 65.5 Å². The zero-order chi connectivity index (χ0) is 17.4. The minimum Gasteiger partial charge on any atom is -0.322 e. The average molecular weight is 355 g/mol. The standard InChI is InChI=1S/C18H17N3O3S/c22-18(20-16-4-1-13-7-8-19-12-15(13)11-16)14-2-5-17(6-3-14)21-9-10-25(21,23)24/h2-8,11-13H,1,9-10H2,(H,20,22). The summed E-state index contributed by atoms with van der Waals surface area (Å²) in [4.78, 5) is 16.5. The maximum absolute atomic E-state index is 12.4. The first-order valence-electron chi connectivity index (χ1n) is 8.06. The maximum Gasteiger partial charge on any atom is 0.255 e. The number of carbonyl (C=O) groups excluding carboxylic acids is 1. The Bertz CT molecular complexity index is 940. The van der Waals surface area contributed by atoms with Gasteiger partial charge in [0.2, 0.25) is 10.0 Å². The van der Waals surface area contributed by atoms with Gasteiger partial charge in [-0.05, 0) is 42.3 Å². The van der Waals surface area contributed by atoms with E-state index in [0.29, 0.717) is 23.7 Å². The van der Waals surface area contributed by atoms with Crippen LogP contribution in [0.25, 0.3) is 0 Å². The van der Waals surface area contributed by atoms with Gasteiger partial charge in [0.25, 0.3) is 5.91 Å². The van der Waals surface area contributed by atoms with E-state index in [0.717, 1.165) is 17.7 Å². The van der Waals surface area contributed by atoms with Gasteiger partial charge in [-0.25, -0.2) is 8.42 Å². The first-order chi connectivity index (χ1) is 12.0. The van der Waals surface area contributed by atoms with Crippen LogP contribution in [0.4, 0.5) is 5.69 Å². The lowest BCUT2D eigenvalue weighted by atomic mass is 9.90. The Kier molecular flexibility index (Phi) is 3.80. The first-order valence-corrected chi connectivity index (χ1v) is 9.67. The molecule has 128 valence electrons. The fraction of sp³-hybridized carbons (Fsp3) is 0.222. The van der Waals surface area contributed by atoms with Crippen molar-refractivity contribution < 1.29 is 13.2 Å². The zero-order valence-corrected chi connectivity index (χ0v) is 14.2. The van der Waals surface area contributed by atoms with Crippen molar-refractivity contribution in [1.29, 1.82) is 0 Å². The first kappa shape index (κ1) is 15.8. The molecular weight excluding hydrogens is 338 g/mol. The van der Waals surface area contributed by atoms with E-state index in [1.807, 2.05) is 24.4 Å². The van der Waals surface area contributed by atoms with Gasteiger partial charge in [-0.3, -0.25) is 14.1 Å². The third-order valence-corrected chi connectivity index (χ3v) is 6.30. The predicted molar refractivity (Wildman–Crippen MR) is 96.9 cm³/mol. The van der Waals surface area contributed by atoms with E-state index in [1.54, 1.807) is 30.5 Å². The summed E-state index contributed by atoms with van der Waals surface area (Å²) in [5.74, 6) is 0.288. The summed E-state index contributed by atoms with van der Waals surface area (Å²) in [6, 6.07) is 6.60. The van der Waals surface area contributed by atoms with Crippen LogP contribution in [-0.2, 0) is 10.0 Å². The second-order valence-electron chi connectivity index (χ2n) is 6.15. The van der Waals surface area contributed by atoms with Crippen molar-refractivity contribution in [2.45, 2.75) is 6.42 Å². The number of hydrogen-bond donors (Lipinski definition) is 1. The van der Waals surface area contributed by atoms with Crippen LogP contribution in [0, 0.1) is 5.92 Å². The summed E-state index contributed by atoms with van der Waals surface area (Å²) < 4.78 is 24.6. The summed E-state index contributed by atoms with van der Waals surface area (Å²) in [6.07, 6.45) is 10.4. The molecule has 3 aliphatic rings. The van der Waals surface area contributed by atoms with Gasteiger partial charge in [-0.15, -0.1) is 0 Å². The van der Waals surface area contributed by atoms with Gasteiger partial charge in [-0.2, -0.15) is 0 Å². The predicted octanol–water partition coefficient (Wildman–Crippen LogP) is 1.99.